The van der Waals surface area contributed by atoms with Gasteiger partial charge in [0.15, 0.2) is 0 Å². The Morgan fingerprint density at radius 3 is 2.71 bits per heavy atom. The molecule has 3 atom stereocenters. The molecule has 1 aromatic heterocycles. The fraction of sp³-hybridized carbons (Fsp3) is 0.565. The summed E-state index contributed by atoms with van der Waals surface area (Å²) in [6.07, 6.45) is 6.88. The molecule has 5 nitrogen and oxygen atoms in total. The highest BCUT2D eigenvalue weighted by Gasteiger charge is 2.42. The molecule has 148 valence electrons. The van der Waals surface area contributed by atoms with Crippen molar-refractivity contribution in [2.24, 2.45) is 7.05 Å². The van der Waals surface area contributed by atoms with E-state index in [0.717, 1.165) is 37.3 Å². The second kappa shape index (κ2) is 7.36. The van der Waals surface area contributed by atoms with Gasteiger partial charge < -0.3 is 10.2 Å². The van der Waals surface area contributed by atoms with Crippen molar-refractivity contribution in [1.82, 2.24) is 20.0 Å². The van der Waals surface area contributed by atoms with E-state index >= 15 is 0 Å². The van der Waals surface area contributed by atoms with Crippen LogP contribution in [0.25, 0.3) is 0 Å². The molecule has 28 heavy (non-hydrogen) atoms. The Hall–Kier alpha value is -2.14. The monoisotopic (exact) mass is 378 g/mol. The van der Waals surface area contributed by atoms with Crippen LogP contribution in [-0.2, 0) is 7.05 Å². The molecule has 0 radical (unpaired) electrons. The van der Waals surface area contributed by atoms with E-state index in [1.807, 2.05) is 13.1 Å². The Morgan fingerprint density at radius 2 is 1.93 bits per heavy atom. The van der Waals surface area contributed by atoms with Gasteiger partial charge in [0, 0.05) is 37.5 Å². The first kappa shape index (κ1) is 17.9. The number of nitrogens with one attached hydrogen (secondary N) is 1. The van der Waals surface area contributed by atoms with Gasteiger partial charge in [-0.3, -0.25) is 9.48 Å². The van der Waals surface area contributed by atoms with Crippen molar-refractivity contribution in [2.45, 2.75) is 62.4 Å². The van der Waals surface area contributed by atoms with Crippen LogP contribution in [0.3, 0.4) is 0 Å². The second-order valence-corrected chi connectivity index (χ2v) is 8.70. The van der Waals surface area contributed by atoms with E-state index in [4.69, 9.17) is 0 Å². The highest BCUT2D eigenvalue weighted by atomic mass is 16.2. The van der Waals surface area contributed by atoms with Crippen LogP contribution in [0.4, 0.5) is 0 Å². The van der Waals surface area contributed by atoms with E-state index in [1.54, 1.807) is 4.68 Å². The maximum absolute atomic E-state index is 13.5. The predicted octanol–water partition coefficient (Wildman–Crippen LogP) is 3.44. The van der Waals surface area contributed by atoms with Gasteiger partial charge in [-0.1, -0.05) is 36.8 Å². The van der Waals surface area contributed by atoms with Crippen LogP contribution in [0, 0.1) is 0 Å². The number of hydrogen-bond donors (Lipinski definition) is 1. The maximum atomic E-state index is 13.5. The van der Waals surface area contributed by atoms with Gasteiger partial charge in [0.25, 0.3) is 5.91 Å². The molecule has 1 N–H and O–H groups in total. The summed E-state index contributed by atoms with van der Waals surface area (Å²) in [4.78, 5) is 15.7. The minimum atomic E-state index is 0.159. The molecule has 5 rings (SSSR count). The van der Waals surface area contributed by atoms with Crippen molar-refractivity contribution < 1.29 is 4.79 Å². The lowest BCUT2D eigenvalue weighted by Gasteiger charge is -2.45. The summed E-state index contributed by atoms with van der Waals surface area (Å²) >= 11 is 0. The number of carbonyl (C=O) groups is 1. The molecule has 0 unspecified atom stereocenters. The van der Waals surface area contributed by atoms with Crippen molar-refractivity contribution in [2.75, 3.05) is 13.1 Å². The molecule has 0 spiro atoms. The van der Waals surface area contributed by atoms with Gasteiger partial charge in [-0.05, 0) is 50.3 Å². The summed E-state index contributed by atoms with van der Waals surface area (Å²) < 4.78 is 1.80. The molecule has 3 fully saturated rings. The fourth-order valence-corrected chi connectivity index (χ4v) is 5.19. The van der Waals surface area contributed by atoms with Gasteiger partial charge in [0.2, 0.25) is 0 Å². The number of piperidine rings is 1. The molecular weight excluding hydrogens is 348 g/mol. The SMILES string of the molecule is Cn1nc(C2CC2)cc1C(=O)N1CC[C@H](c2ccccc2)[C@H]2NCCCC[C@H]21. The lowest BCUT2D eigenvalue weighted by Crippen LogP contribution is -2.58. The number of aromatic nitrogens is 2. The summed E-state index contributed by atoms with van der Waals surface area (Å²) in [6, 6.07) is 13.5. The molecule has 3 aliphatic rings. The first-order valence-corrected chi connectivity index (χ1v) is 10.9. The molecule has 1 aromatic carbocycles. The topological polar surface area (TPSA) is 50.2 Å². The average molecular weight is 379 g/mol. The van der Waals surface area contributed by atoms with Crippen LogP contribution in [0.15, 0.2) is 36.4 Å². The molecule has 1 saturated carbocycles. The molecular formula is C23H30N4O. The minimum absolute atomic E-state index is 0.159. The Labute approximate surface area is 167 Å². The molecule has 1 aliphatic carbocycles. The number of amides is 1. The quantitative estimate of drug-likeness (QED) is 0.890. The summed E-state index contributed by atoms with van der Waals surface area (Å²) in [5, 5.41) is 8.43. The van der Waals surface area contributed by atoms with Gasteiger partial charge in [0.1, 0.15) is 5.69 Å². The lowest BCUT2D eigenvalue weighted by atomic mass is 9.79. The zero-order valence-corrected chi connectivity index (χ0v) is 16.7. The van der Waals surface area contributed by atoms with Crippen LogP contribution in [0.2, 0.25) is 0 Å². The van der Waals surface area contributed by atoms with Crippen molar-refractivity contribution in [3.63, 3.8) is 0 Å². The van der Waals surface area contributed by atoms with Crippen LogP contribution >= 0.6 is 0 Å². The first-order chi connectivity index (χ1) is 13.7. The predicted molar refractivity (Wildman–Crippen MR) is 109 cm³/mol. The highest BCUT2D eigenvalue weighted by Crippen LogP contribution is 2.40. The maximum Gasteiger partial charge on any atom is 0.272 e. The smallest absolute Gasteiger partial charge is 0.272 e. The Morgan fingerprint density at radius 1 is 1.11 bits per heavy atom. The molecule has 2 saturated heterocycles. The van der Waals surface area contributed by atoms with Crippen LogP contribution in [0.1, 0.15) is 72.1 Å². The molecule has 3 heterocycles. The Balaban J connectivity index is 1.43. The summed E-state index contributed by atoms with van der Waals surface area (Å²) in [5.74, 6) is 1.21. The molecule has 5 heteroatoms. The van der Waals surface area contributed by atoms with E-state index in [-0.39, 0.29) is 11.9 Å². The van der Waals surface area contributed by atoms with Gasteiger partial charge in [-0.15, -0.1) is 0 Å². The van der Waals surface area contributed by atoms with E-state index < -0.39 is 0 Å². The van der Waals surface area contributed by atoms with Crippen molar-refractivity contribution >= 4 is 5.91 Å². The van der Waals surface area contributed by atoms with E-state index in [9.17, 15) is 4.79 Å². The third-order valence-electron chi connectivity index (χ3n) is 6.84. The molecule has 2 aromatic rings. The minimum Gasteiger partial charge on any atom is -0.333 e. The van der Waals surface area contributed by atoms with Crippen molar-refractivity contribution in [3.8, 4) is 0 Å². The van der Waals surface area contributed by atoms with Crippen molar-refractivity contribution in [3.05, 3.63) is 53.3 Å². The van der Waals surface area contributed by atoms with E-state index in [2.05, 4.69) is 45.6 Å². The molecule has 0 bridgehead atoms. The number of carbonyl (C=O) groups excluding carboxylic acids is 1. The summed E-state index contributed by atoms with van der Waals surface area (Å²) in [5.41, 5.74) is 3.25. The fourth-order valence-electron chi connectivity index (χ4n) is 5.19. The number of aryl methyl sites for hydroxylation is 1. The summed E-state index contributed by atoms with van der Waals surface area (Å²) in [7, 11) is 1.92. The zero-order valence-electron chi connectivity index (χ0n) is 16.7. The van der Waals surface area contributed by atoms with Gasteiger partial charge >= 0.3 is 0 Å². The second-order valence-electron chi connectivity index (χ2n) is 8.70. The van der Waals surface area contributed by atoms with Gasteiger partial charge in [0.05, 0.1) is 5.69 Å². The Kier molecular flexibility index (Phi) is 4.71. The number of fused-ring (bicyclic) bond motifs is 1. The zero-order chi connectivity index (χ0) is 19.1. The largest absolute Gasteiger partial charge is 0.333 e. The normalized spacial score (nSPS) is 27.9. The molecule has 2 aliphatic heterocycles. The molecule has 1 amide bonds. The lowest BCUT2D eigenvalue weighted by molar-refractivity contribution is 0.0499. The van der Waals surface area contributed by atoms with Crippen LogP contribution in [-0.4, -0.2) is 45.8 Å². The van der Waals surface area contributed by atoms with E-state index in [1.165, 1.54) is 31.2 Å². The summed E-state index contributed by atoms with van der Waals surface area (Å²) in [6.45, 7) is 1.87. The highest BCUT2D eigenvalue weighted by molar-refractivity contribution is 5.93. The Bertz CT molecular complexity index is 842. The van der Waals surface area contributed by atoms with Gasteiger partial charge in [-0.25, -0.2) is 0 Å². The van der Waals surface area contributed by atoms with E-state index in [0.29, 0.717) is 17.9 Å². The number of hydrogen-bond acceptors (Lipinski definition) is 3. The third-order valence-corrected chi connectivity index (χ3v) is 6.84. The van der Waals surface area contributed by atoms with Crippen LogP contribution in [0.5, 0.6) is 0 Å². The third kappa shape index (κ3) is 3.26. The number of benzene rings is 1. The number of rotatable bonds is 3. The van der Waals surface area contributed by atoms with Gasteiger partial charge in [-0.2, -0.15) is 5.10 Å². The number of nitrogens with zero attached hydrogens (tertiary/aromatic N) is 3. The number of likely N-dealkylation sites (tertiary alicyclic amines) is 1. The average Bonchev–Trinajstić information content (AvgIpc) is 3.53. The van der Waals surface area contributed by atoms with Crippen molar-refractivity contribution in [1.29, 1.82) is 0 Å². The standard InChI is InChI=1S/C23H30N4O/c1-26-21(15-19(25-26)17-10-11-17)23(28)27-14-12-18(16-7-3-2-4-8-16)22-20(27)9-5-6-13-24-22/h2-4,7-8,15,17-18,20,22,24H,5-6,9-14H2,1H3/t18-,20-,22-/m1/s1. The first-order valence-electron chi connectivity index (χ1n) is 10.9. The van der Waals surface area contributed by atoms with Crippen LogP contribution < -0.4 is 5.32 Å².